The summed E-state index contributed by atoms with van der Waals surface area (Å²) >= 11 is 11.9. The van der Waals surface area contributed by atoms with E-state index < -0.39 is 5.97 Å². The van der Waals surface area contributed by atoms with Crippen LogP contribution in [0.25, 0.3) is 0 Å². The van der Waals surface area contributed by atoms with Crippen LogP contribution in [0.5, 0.6) is 0 Å². The number of carboxylic acid groups (broad SMARTS) is 1. The van der Waals surface area contributed by atoms with Crippen molar-refractivity contribution in [3.05, 3.63) is 28.2 Å². The normalized spacial score (nSPS) is 14.2. The van der Waals surface area contributed by atoms with Gasteiger partial charge in [-0.1, -0.05) is 23.2 Å². The lowest BCUT2D eigenvalue weighted by atomic mass is 10.3. The molecule has 0 radical (unpaired) electrons. The first-order valence-corrected chi connectivity index (χ1v) is 7.42. The fraction of sp³-hybridized carbons (Fsp3) is 0.429. The van der Waals surface area contributed by atoms with Gasteiger partial charge in [0.1, 0.15) is 0 Å². The number of halogens is 2. The van der Waals surface area contributed by atoms with Crippen molar-refractivity contribution in [3.8, 4) is 0 Å². The molecule has 1 aliphatic carbocycles. The van der Waals surface area contributed by atoms with Crippen LogP contribution in [0.4, 0.5) is 5.69 Å². The zero-order chi connectivity index (χ0) is 15.4. The average molecular weight is 331 g/mol. The molecule has 0 aliphatic heterocycles. The van der Waals surface area contributed by atoms with Crippen molar-refractivity contribution in [2.45, 2.75) is 25.3 Å². The molecule has 1 aromatic carbocycles. The molecule has 0 spiro atoms. The highest BCUT2D eigenvalue weighted by atomic mass is 35.5. The zero-order valence-corrected chi connectivity index (χ0v) is 12.8. The van der Waals surface area contributed by atoms with Gasteiger partial charge in [-0.15, -0.1) is 0 Å². The Balaban J connectivity index is 1.92. The van der Waals surface area contributed by atoms with E-state index in [0.717, 1.165) is 12.8 Å². The van der Waals surface area contributed by atoms with Gasteiger partial charge in [-0.3, -0.25) is 14.5 Å². The lowest BCUT2D eigenvalue weighted by Gasteiger charge is -2.20. The Bertz CT molecular complexity index is 547. The van der Waals surface area contributed by atoms with E-state index in [4.69, 9.17) is 28.3 Å². The molecule has 0 heterocycles. The van der Waals surface area contributed by atoms with Gasteiger partial charge in [-0.2, -0.15) is 0 Å². The Morgan fingerprint density at radius 2 is 2.05 bits per heavy atom. The van der Waals surface area contributed by atoms with Gasteiger partial charge >= 0.3 is 5.97 Å². The van der Waals surface area contributed by atoms with E-state index in [9.17, 15) is 9.59 Å². The smallest absolute Gasteiger partial charge is 0.304 e. The van der Waals surface area contributed by atoms with Crippen molar-refractivity contribution in [2.24, 2.45) is 0 Å². The maximum atomic E-state index is 12.1. The van der Waals surface area contributed by atoms with Crippen LogP contribution >= 0.6 is 23.2 Å². The van der Waals surface area contributed by atoms with Crippen LogP contribution in [-0.2, 0) is 9.59 Å². The summed E-state index contributed by atoms with van der Waals surface area (Å²) in [7, 11) is 0. The quantitative estimate of drug-likeness (QED) is 0.806. The van der Waals surface area contributed by atoms with E-state index in [1.807, 2.05) is 4.90 Å². The molecule has 1 fully saturated rings. The third-order valence-electron chi connectivity index (χ3n) is 3.23. The summed E-state index contributed by atoms with van der Waals surface area (Å²) in [5.74, 6) is -1.09. The molecule has 0 atom stereocenters. The first kappa shape index (κ1) is 16.1. The highest BCUT2D eigenvalue weighted by molar-refractivity contribution is 6.35. The number of carbonyl (C=O) groups excluding carboxylic acids is 1. The number of nitrogens with zero attached hydrogens (tertiary/aromatic N) is 1. The van der Waals surface area contributed by atoms with Crippen molar-refractivity contribution in [3.63, 3.8) is 0 Å². The second kappa shape index (κ2) is 7.11. The number of aliphatic carboxylic acids is 1. The number of carboxylic acids is 1. The van der Waals surface area contributed by atoms with Crippen LogP contribution in [0.2, 0.25) is 10.0 Å². The summed E-state index contributed by atoms with van der Waals surface area (Å²) in [6, 6.07) is 5.15. The number of hydrogen-bond donors (Lipinski definition) is 2. The van der Waals surface area contributed by atoms with Gasteiger partial charge in [0.2, 0.25) is 5.91 Å². The van der Waals surface area contributed by atoms with Crippen molar-refractivity contribution in [1.82, 2.24) is 4.90 Å². The molecule has 0 aromatic heterocycles. The summed E-state index contributed by atoms with van der Waals surface area (Å²) in [6.45, 7) is 0.525. The van der Waals surface area contributed by atoms with Gasteiger partial charge in [-0.05, 0) is 31.0 Å². The van der Waals surface area contributed by atoms with Gasteiger partial charge in [0.05, 0.1) is 23.7 Å². The Morgan fingerprint density at radius 1 is 1.33 bits per heavy atom. The molecule has 114 valence electrons. The number of rotatable bonds is 7. The molecule has 0 unspecified atom stereocenters. The van der Waals surface area contributed by atoms with E-state index in [1.165, 1.54) is 0 Å². The molecule has 5 nitrogen and oxygen atoms in total. The minimum absolute atomic E-state index is 0.0295. The van der Waals surface area contributed by atoms with Crippen LogP contribution in [-0.4, -0.2) is 41.0 Å². The Morgan fingerprint density at radius 3 is 2.67 bits per heavy atom. The Labute approximate surface area is 132 Å². The number of hydrogen-bond acceptors (Lipinski definition) is 3. The number of nitrogens with one attached hydrogen (secondary N) is 1. The second-order valence-electron chi connectivity index (χ2n) is 5.02. The minimum Gasteiger partial charge on any atom is -0.481 e. The summed E-state index contributed by atoms with van der Waals surface area (Å²) in [5, 5.41) is 12.3. The van der Waals surface area contributed by atoms with E-state index in [2.05, 4.69) is 5.32 Å². The van der Waals surface area contributed by atoms with Crippen LogP contribution in [0, 0.1) is 0 Å². The maximum Gasteiger partial charge on any atom is 0.304 e. The average Bonchev–Trinajstić information content (AvgIpc) is 3.23. The van der Waals surface area contributed by atoms with Gasteiger partial charge in [-0.25, -0.2) is 0 Å². The summed E-state index contributed by atoms with van der Waals surface area (Å²) in [6.07, 6.45) is 2.04. The number of amides is 1. The van der Waals surface area contributed by atoms with Crippen LogP contribution in [0.15, 0.2) is 18.2 Å². The Kier molecular flexibility index (Phi) is 5.45. The second-order valence-corrected chi connectivity index (χ2v) is 5.86. The number of carbonyl (C=O) groups is 2. The molecule has 21 heavy (non-hydrogen) atoms. The standard InChI is InChI=1S/C14H16Cl2N2O3/c15-9-1-4-11(16)12(7-9)17-13(19)8-18(10-2-3-10)6-5-14(20)21/h1,4,7,10H,2-3,5-6,8H2,(H,17,19)(H,20,21). The predicted octanol–water partition coefficient (Wildman–Crippen LogP) is 2.87. The fourth-order valence-corrected chi connectivity index (χ4v) is 2.37. The molecule has 1 aliphatic rings. The summed E-state index contributed by atoms with van der Waals surface area (Å²) in [4.78, 5) is 24.6. The largest absolute Gasteiger partial charge is 0.481 e. The SMILES string of the molecule is O=C(O)CCN(CC(=O)Nc1cc(Cl)ccc1Cl)C1CC1. The van der Waals surface area contributed by atoms with E-state index in [0.29, 0.717) is 28.3 Å². The van der Waals surface area contributed by atoms with E-state index in [1.54, 1.807) is 18.2 Å². The molecule has 2 N–H and O–H groups in total. The first-order valence-electron chi connectivity index (χ1n) is 6.66. The minimum atomic E-state index is -0.862. The molecule has 1 amide bonds. The fourth-order valence-electron chi connectivity index (χ4n) is 2.04. The summed E-state index contributed by atoms with van der Waals surface area (Å²) in [5.41, 5.74) is 0.461. The first-order chi connectivity index (χ1) is 9.95. The van der Waals surface area contributed by atoms with Crippen LogP contribution in [0.1, 0.15) is 19.3 Å². The van der Waals surface area contributed by atoms with Gasteiger partial charge in [0.25, 0.3) is 0 Å². The molecule has 7 heteroatoms. The number of anilines is 1. The third kappa shape index (κ3) is 5.19. The molecular formula is C14H16Cl2N2O3. The van der Waals surface area contributed by atoms with Crippen molar-refractivity contribution in [2.75, 3.05) is 18.4 Å². The molecule has 1 aromatic rings. The van der Waals surface area contributed by atoms with Crippen LogP contribution in [0.3, 0.4) is 0 Å². The van der Waals surface area contributed by atoms with Crippen molar-refractivity contribution in [1.29, 1.82) is 0 Å². The van der Waals surface area contributed by atoms with Gasteiger partial charge in [0, 0.05) is 17.6 Å². The lowest BCUT2D eigenvalue weighted by Crippen LogP contribution is -2.36. The zero-order valence-electron chi connectivity index (χ0n) is 11.3. The van der Waals surface area contributed by atoms with Crippen molar-refractivity contribution >= 4 is 40.8 Å². The molecule has 0 saturated heterocycles. The monoisotopic (exact) mass is 330 g/mol. The predicted molar refractivity (Wildman–Crippen MR) is 81.9 cm³/mol. The number of benzene rings is 1. The summed E-state index contributed by atoms with van der Waals surface area (Å²) < 4.78 is 0. The highest BCUT2D eigenvalue weighted by Crippen LogP contribution is 2.28. The van der Waals surface area contributed by atoms with E-state index in [-0.39, 0.29) is 18.9 Å². The van der Waals surface area contributed by atoms with Gasteiger partial charge in [0.15, 0.2) is 0 Å². The lowest BCUT2D eigenvalue weighted by molar-refractivity contribution is -0.137. The molecule has 1 saturated carbocycles. The van der Waals surface area contributed by atoms with E-state index >= 15 is 0 Å². The van der Waals surface area contributed by atoms with Crippen molar-refractivity contribution < 1.29 is 14.7 Å². The van der Waals surface area contributed by atoms with Crippen LogP contribution < -0.4 is 5.32 Å². The molecule has 0 bridgehead atoms. The molecular weight excluding hydrogens is 315 g/mol. The third-order valence-corrected chi connectivity index (χ3v) is 3.79. The van der Waals surface area contributed by atoms with Gasteiger partial charge < -0.3 is 10.4 Å². The maximum absolute atomic E-state index is 12.1. The highest BCUT2D eigenvalue weighted by Gasteiger charge is 2.30. The molecule has 2 rings (SSSR count). The Hall–Kier alpha value is -1.30. The topological polar surface area (TPSA) is 69.6 Å².